The van der Waals surface area contributed by atoms with Crippen LogP contribution >= 0.6 is 0 Å². The van der Waals surface area contributed by atoms with Crippen molar-refractivity contribution in [1.82, 2.24) is 33.3 Å². The molecule has 6 aromatic carbocycles. The maximum atomic E-state index is 14.0. The zero-order chi connectivity index (χ0) is 108. The van der Waals surface area contributed by atoms with Crippen LogP contribution < -0.4 is 38.7 Å². The van der Waals surface area contributed by atoms with Gasteiger partial charge < -0.3 is 48.7 Å². The van der Waals surface area contributed by atoms with Crippen LogP contribution in [0, 0.1) is 117 Å². The van der Waals surface area contributed by atoms with Crippen molar-refractivity contribution in [2.24, 2.45) is 58.3 Å². The Labute approximate surface area is 846 Å². The van der Waals surface area contributed by atoms with E-state index in [0.717, 1.165) is 94.2 Å². The number of halogens is 15. The smallest absolute Gasteiger partial charge is 0.238 e. The molecule has 0 radical (unpaired) electrons. The highest BCUT2D eigenvalue weighted by molar-refractivity contribution is 7.92. The zero-order valence-electron chi connectivity index (χ0n) is 81.1. The standard InChI is InChI=1S/C23H25F3N2O3S.C20H28F3N3O4S2.C19H26F3N3O3S.2C18H23F3N2O3S/c24-19-12-21(26)20(25)10-14(19)11-22(27)15-8-16-6-7-17(9-15)28(16)23(29)13-32(30,31)18-4-2-1-3-5-18;21-17-11-19(23)18(22)9-12(17)10-20(24)13-7-14-1-2-15(8-13)26(14)31(27,28)6-5-25-32(29,30)16-3-4-16;1-11(26)24-4-5-29(27,28)25-14-2-3-15(25)7-13(6-14)19(23)9-12-8-17(21)18(22)10-16(12)20;2*1-27(25,26)9-18(24)23-12-2-3-13(23)5-11(4-12)17(22)7-10-6-15(20)16(21)8-14(10)19/h1-5,10,12,15-17,22H,6-9,11,13,27H2;9,11,13-16,20,25H,1-8,10,24H2;8,10,13-15,19H,2-7,9,23H2,1H3,(H,24,26);2*6,8,11-13,17H,2-5,7,9,22H2,1H3/t15?,16?,17?,22-;13?,14?,15?,20-;13?,14?,15?,19-;11?,12?,13?,17-;11?,12-,13+,17-/m11111/s1. The third-order valence-corrected chi connectivity index (χ3v) is 39.6. The number of benzene rings is 6. The first-order valence-corrected chi connectivity index (χ1v) is 59.6. The van der Waals surface area contributed by atoms with Crippen LogP contribution in [0.3, 0.4) is 0 Å². The van der Waals surface area contributed by atoms with E-state index in [1.807, 2.05) is 0 Å². The minimum Gasteiger partial charge on any atom is -0.355 e. The molecule has 10 saturated heterocycles. The zero-order valence-corrected chi connectivity index (χ0v) is 86.0. The summed E-state index contributed by atoms with van der Waals surface area (Å²) in [6.07, 6.45) is 16.6. The van der Waals surface area contributed by atoms with Crippen molar-refractivity contribution in [2.75, 3.05) is 54.4 Å². The van der Waals surface area contributed by atoms with Crippen LogP contribution in [0.4, 0.5) is 65.9 Å². The minimum atomic E-state index is -3.73. The number of nitrogens with two attached hydrogens (primary N) is 5. The van der Waals surface area contributed by atoms with Crippen LogP contribution in [0.2, 0.25) is 0 Å². The third-order valence-electron chi connectivity index (χ3n) is 30.5. The summed E-state index contributed by atoms with van der Waals surface area (Å²) < 4.78 is 354. The lowest BCUT2D eigenvalue weighted by Crippen LogP contribution is -2.51. The lowest BCUT2D eigenvalue weighted by molar-refractivity contribution is -0.134. The van der Waals surface area contributed by atoms with E-state index in [0.29, 0.717) is 120 Å². The molecule has 1 saturated carbocycles. The monoisotopic (exact) mass is 2200 g/mol. The number of piperidine rings is 5. The molecule has 10 aliphatic heterocycles. The highest BCUT2D eigenvalue weighted by Gasteiger charge is 2.53. The number of nitrogens with one attached hydrogen (secondary N) is 2. The molecule has 814 valence electrons. The van der Waals surface area contributed by atoms with Crippen molar-refractivity contribution in [3.05, 3.63) is 206 Å². The number of hydrogen-bond acceptors (Lipinski definition) is 21. The summed E-state index contributed by atoms with van der Waals surface area (Å²) >= 11 is 0. The maximum Gasteiger partial charge on any atom is 0.238 e. The van der Waals surface area contributed by atoms with E-state index >= 15 is 0 Å². The number of carbonyl (C=O) groups is 4. The van der Waals surface area contributed by atoms with Crippen molar-refractivity contribution in [3.8, 4) is 0 Å². The van der Waals surface area contributed by atoms with Gasteiger partial charge in [0.15, 0.2) is 87.7 Å². The van der Waals surface area contributed by atoms with E-state index in [9.17, 15) is 136 Å². The Morgan fingerprint density at radius 1 is 0.313 bits per heavy atom. The molecule has 11 fully saturated rings. The molecule has 16 atom stereocenters. The molecule has 12 N–H and O–H groups in total. The molecule has 11 aliphatic rings. The Morgan fingerprint density at radius 2 is 0.537 bits per heavy atom. The second-order valence-electron chi connectivity index (χ2n) is 41.2. The van der Waals surface area contributed by atoms with Gasteiger partial charge in [0.05, 0.1) is 21.7 Å². The summed E-state index contributed by atoms with van der Waals surface area (Å²) in [4.78, 5) is 53.7. The van der Waals surface area contributed by atoms with Crippen molar-refractivity contribution < 1.29 is 136 Å². The highest BCUT2D eigenvalue weighted by atomic mass is 32.2. The van der Waals surface area contributed by atoms with Gasteiger partial charge in [0, 0.05) is 153 Å². The number of sulfonamides is 3. The van der Waals surface area contributed by atoms with Crippen molar-refractivity contribution >= 4 is 83.2 Å². The van der Waals surface area contributed by atoms with Gasteiger partial charge in [0.2, 0.25) is 53.7 Å². The van der Waals surface area contributed by atoms with Gasteiger partial charge in [0.25, 0.3) is 0 Å². The molecule has 6 aromatic rings. The number of rotatable bonds is 32. The Hall–Kier alpha value is -8.47. The predicted molar refractivity (Wildman–Crippen MR) is 516 cm³/mol. The molecule has 0 aromatic heterocycles. The number of nitrogens with zero attached hydrogens (tertiary/aromatic N) is 5. The summed E-state index contributed by atoms with van der Waals surface area (Å²) in [7, 11) is -21.1. The first-order valence-electron chi connectivity index (χ1n) is 49.1. The summed E-state index contributed by atoms with van der Waals surface area (Å²) in [5.74, 6) is -19.6. The molecule has 0 spiro atoms. The molecular formula is C98H125F15N12O16S6. The van der Waals surface area contributed by atoms with Gasteiger partial charge in [-0.05, 0) is 273 Å². The van der Waals surface area contributed by atoms with Gasteiger partial charge in [-0.25, -0.2) is 121 Å². The third kappa shape index (κ3) is 29.3. The molecule has 147 heavy (non-hydrogen) atoms. The van der Waals surface area contributed by atoms with Crippen LogP contribution in [0.5, 0.6) is 0 Å². The minimum absolute atomic E-state index is 0.00162. The van der Waals surface area contributed by atoms with Crippen molar-refractivity contribution in [1.29, 1.82) is 0 Å². The Morgan fingerprint density at radius 3 is 0.776 bits per heavy atom. The molecule has 49 heteroatoms. The van der Waals surface area contributed by atoms with Gasteiger partial charge in [-0.15, -0.1) is 0 Å². The first kappa shape index (κ1) is 116. The van der Waals surface area contributed by atoms with Gasteiger partial charge in [-0.3, -0.25) is 19.2 Å². The molecule has 28 nitrogen and oxygen atoms in total. The molecular weight excluding hydrogens is 2080 g/mol. The van der Waals surface area contributed by atoms with Crippen LogP contribution in [0.15, 0.2) is 95.9 Å². The van der Waals surface area contributed by atoms with Crippen molar-refractivity contribution in [2.45, 2.75) is 281 Å². The van der Waals surface area contributed by atoms with E-state index in [4.69, 9.17) is 28.7 Å². The SMILES string of the molecule is CC(=O)NCCS(=O)(=O)N1C2CCC1CC([C@H](N)Cc1cc(F)c(F)cc1F)C2.CS(=O)(=O)CC(=O)N1C2CCC1CC([C@H](N)Cc1cc(F)c(F)cc1F)C2.CS(=O)(=O)CC(=O)N1[C@@H]2CC[C@H]1CC([C@H](N)Cc1cc(F)c(F)cc1F)C2.N[C@H](Cc1cc(F)c(F)cc1F)C1CC2CCC(C1)N2C(=O)CS(=O)(=O)c1ccccc1.N[C@H](Cc1cc(F)c(F)cc1F)C1CC2CCC(C1)N2S(=O)(=O)CCNS(=O)(=O)C1CC1. The highest BCUT2D eigenvalue weighted by Crippen LogP contribution is 2.48. The quantitative estimate of drug-likeness (QED) is 0.0152. The second-order valence-corrected chi connectivity index (χ2v) is 53.5. The van der Waals surface area contributed by atoms with Gasteiger partial charge in [-0.1, -0.05) is 18.2 Å². The Balaban J connectivity index is 0.000000154. The molecule has 9 unspecified atom stereocenters. The lowest BCUT2D eigenvalue weighted by atomic mass is 9.82. The number of sulfone groups is 3. The van der Waals surface area contributed by atoms with Crippen molar-refractivity contribution in [3.63, 3.8) is 0 Å². The van der Waals surface area contributed by atoms with E-state index in [1.165, 1.54) is 23.4 Å². The molecule has 10 bridgehead atoms. The largest absolute Gasteiger partial charge is 0.355 e. The predicted octanol–water partition coefficient (Wildman–Crippen LogP) is 10.1. The van der Waals surface area contributed by atoms with Crippen LogP contribution in [0.25, 0.3) is 0 Å². The molecule has 17 rings (SSSR count). The lowest BCUT2D eigenvalue weighted by Gasteiger charge is -2.41. The van der Waals surface area contributed by atoms with Crippen LogP contribution in [-0.2, 0) is 111 Å². The van der Waals surface area contributed by atoms with Crippen LogP contribution in [-0.4, -0.2) is 248 Å². The maximum absolute atomic E-state index is 14.0. The number of hydrogen-bond donors (Lipinski definition) is 7. The average Bonchev–Trinajstić information content (AvgIpc) is 1.62. The Kier molecular flexibility index (Phi) is 37.6. The topological polar surface area (TPSA) is 443 Å². The fourth-order valence-corrected chi connectivity index (χ4v) is 31.2. The number of fused-ring (bicyclic) bond motifs is 10. The summed E-state index contributed by atoms with van der Waals surface area (Å²) in [6.45, 7) is 1.24. The number of amides is 4. The normalized spacial score (nSPS) is 25.9. The molecule has 1 aliphatic carbocycles. The molecule has 10 heterocycles. The summed E-state index contributed by atoms with van der Waals surface area (Å²) in [5.41, 5.74) is 31.4. The first-order chi connectivity index (χ1) is 68.8. The Bertz CT molecular complexity index is 6340. The van der Waals surface area contributed by atoms with Crippen LogP contribution in [0.1, 0.15) is 176 Å². The van der Waals surface area contributed by atoms with Gasteiger partial charge in [-0.2, -0.15) is 8.61 Å². The average molecular weight is 2200 g/mol. The molecule has 4 amide bonds. The second kappa shape index (κ2) is 47.8. The summed E-state index contributed by atoms with van der Waals surface area (Å²) in [6, 6.07) is 10.8. The van der Waals surface area contributed by atoms with E-state index in [2.05, 4.69) is 10.0 Å². The van der Waals surface area contributed by atoms with E-state index in [-0.39, 0.29) is 197 Å². The van der Waals surface area contributed by atoms with E-state index in [1.54, 1.807) is 37.2 Å². The van der Waals surface area contributed by atoms with Gasteiger partial charge in [0.1, 0.15) is 46.3 Å². The fraction of sp³-hybridized carbons (Fsp3) is 0.592. The number of carbonyl (C=O) groups excluding carboxylic acids is 4. The summed E-state index contributed by atoms with van der Waals surface area (Å²) in [5, 5.41) is 2.10. The van der Waals surface area contributed by atoms with Gasteiger partial charge >= 0.3 is 0 Å². The fourth-order valence-electron chi connectivity index (χ4n) is 23.5. The van der Waals surface area contributed by atoms with E-state index < -0.39 is 205 Å².